The molecule has 2 amide bonds. The molecule has 0 radical (unpaired) electrons. The quantitative estimate of drug-likeness (QED) is 0.617. The number of rotatable bonds is 6. The van der Waals surface area contributed by atoms with Crippen LogP contribution in [0.4, 0.5) is 4.39 Å². The summed E-state index contributed by atoms with van der Waals surface area (Å²) in [6, 6.07) is 6.61. The Bertz CT molecular complexity index is 1140. The number of fused-ring (bicyclic) bond motifs is 1. The van der Waals surface area contributed by atoms with Gasteiger partial charge in [0.05, 0.1) is 25.7 Å². The van der Waals surface area contributed by atoms with E-state index in [-0.39, 0.29) is 42.3 Å². The van der Waals surface area contributed by atoms with Gasteiger partial charge in [-0.15, -0.1) is 0 Å². The third-order valence-electron chi connectivity index (χ3n) is 6.04. The summed E-state index contributed by atoms with van der Waals surface area (Å²) in [5.41, 5.74) is 1.21. The lowest BCUT2D eigenvalue weighted by Gasteiger charge is -2.37. The molecule has 9 heteroatoms. The second-order valence-corrected chi connectivity index (χ2v) is 9.43. The van der Waals surface area contributed by atoms with Crippen LogP contribution in [0.25, 0.3) is 0 Å². The monoisotopic (exact) mass is 496 g/mol. The molecule has 36 heavy (non-hydrogen) atoms. The zero-order chi connectivity index (χ0) is 26.4. The van der Waals surface area contributed by atoms with Crippen molar-refractivity contribution in [2.24, 2.45) is 5.92 Å². The number of aromatic nitrogens is 1. The second kappa shape index (κ2) is 12.0. The lowest BCUT2D eigenvalue weighted by atomic mass is 9.99. The molecule has 192 valence electrons. The third kappa shape index (κ3) is 6.59. The number of carbonyl (C=O) groups excluding carboxylic acids is 2. The molecule has 2 heterocycles. The number of hydrogen-bond donors (Lipinski definition) is 1. The van der Waals surface area contributed by atoms with Gasteiger partial charge < -0.3 is 19.6 Å². The fourth-order valence-corrected chi connectivity index (χ4v) is 3.85. The number of aliphatic hydroxyl groups excluding tert-OH is 1. The summed E-state index contributed by atoms with van der Waals surface area (Å²) >= 11 is 0. The van der Waals surface area contributed by atoms with E-state index in [9.17, 15) is 19.1 Å². The fraction of sp³-hybridized carbons (Fsp3) is 0.444. The van der Waals surface area contributed by atoms with Crippen molar-refractivity contribution in [3.05, 3.63) is 59.0 Å². The van der Waals surface area contributed by atoms with Crippen LogP contribution < -0.4 is 4.74 Å². The molecule has 0 fully saturated rings. The van der Waals surface area contributed by atoms with Crippen LogP contribution >= 0.6 is 0 Å². The highest BCUT2D eigenvalue weighted by Crippen LogP contribution is 2.27. The van der Waals surface area contributed by atoms with Crippen LogP contribution in [0.2, 0.25) is 0 Å². The average Bonchev–Trinajstić information content (AvgIpc) is 2.85. The standard InChI is InChI=1S/C27H33FN4O4/c1-18-15-32(19(2)17-33)27(35)23-13-20(7-6-12-30(3)4)14-29-25(23)36-24(18)16-31(5)26(34)21-8-10-22(28)11-9-21/h8-11,13-14,18-19,24,33H,12,15-17H2,1-5H3/t18-,19+,24+/m0/s1. The predicted molar refractivity (Wildman–Crippen MR) is 134 cm³/mol. The number of likely N-dealkylation sites (N-methyl/N-ethyl adjacent to an activating group) is 1. The van der Waals surface area contributed by atoms with Crippen molar-refractivity contribution in [1.82, 2.24) is 19.7 Å². The van der Waals surface area contributed by atoms with E-state index < -0.39 is 18.0 Å². The molecule has 2 aromatic rings. The van der Waals surface area contributed by atoms with E-state index in [0.717, 1.165) is 0 Å². The SMILES string of the molecule is C[C@H](CO)N1C[C@H](C)[C@@H](CN(C)C(=O)c2ccc(F)cc2)Oc2ncc(C#CCN(C)C)cc2C1=O. The van der Waals surface area contributed by atoms with Gasteiger partial charge in [0.25, 0.3) is 11.8 Å². The molecule has 3 atom stereocenters. The number of benzene rings is 1. The molecule has 1 aromatic carbocycles. The number of ether oxygens (including phenoxy) is 1. The number of carbonyl (C=O) groups is 2. The lowest BCUT2D eigenvalue weighted by molar-refractivity contribution is 0.0313. The third-order valence-corrected chi connectivity index (χ3v) is 6.04. The van der Waals surface area contributed by atoms with E-state index in [1.165, 1.54) is 29.2 Å². The van der Waals surface area contributed by atoms with Crippen molar-refractivity contribution in [1.29, 1.82) is 0 Å². The Morgan fingerprint density at radius 2 is 2.00 bits per heavy atom. The first-order valence-electron chi connectivity index (χ1n) is 11.8. The van der Waals surface area contributed by atoms with Gasteiger partial charge in [0.2, 0.25) is 5.88 Å². The zero-order valence-electron chi connectivity index (χ0n) is 21.4. The number of nitrogens with zero attached hydrogens (tertiary/aromatic N) is 4. The molecule has 0 aliphatic carbocycles. The number of hydrogen-bond acceptors (Lipinski definition) is 6. The topological polar surface area (TPSA) is 86.2 Å². The lowest BCUT2D eigenvalue weighted by Crippen LogP contribution is -2.50. The van der Waals surface area contributed by atoms with Gasteiger partial charge in [-0.1, -0.05) is 18.8 Å². The molecule has 0 bridgehead atoms. The van der Waals surface area contributed by atoms with Crippen LogP contribution in [0.15, 0.2) is 36.5 Å². The Balaban J connectivity index is 1.92. The number of aliphatic hydroxyl groups is 1. The minimum absolute atomic E-state index is 0.160. The average molecular weight is 497 g/mol. The minimum atomic E-state index is -0.488. The van der Waals surface area contributed by atoms with Gasteiger partial charge in [-0.3, -0.25) is 14.5 Å². The minimum Gasteiger partial charge on any atom is -0.472 e. The first-order valence-corrected chi connectivity index (χ1v) is 11.8. The molecule has 1 aromatic heterocycles. The van der Waals surface area contributed by atoms with Crippen LogP contribution in [-0.2, 0) is 0 Å². The van der Waals surface area contributed by atoms with E-state index >= 15 is 0 Å². The Morgan fingerprint density at radius 3 is 2.64 bits per heavy atom. The van der Waals surface area contributed by atoms with Crippen molar-refractivity contribution in [2.75, 3.05) is 47.4 Å². The van der Waals surface area contributed by atoms with Crippen molar-refractivity contribution in [3.63, 3.8) is 0 Å². The van der Waals surface area contributed by atoms with E-state index in [2.05, 4.69) is 16.8 Å². The Kier molecular flexibility index (Phi) is 9.02. The van der Waals surface area contributed by atoms with Gasteiger partial charge in [0.15, 0.2) is 0 Å². The van der Waals surface area contributed by atoms with E-state index in [1.54, 1.807) is 31.1 Å². The van der Waals surface area contributed by atoms with Gasteiger partial charge in [-0.25, -0.2) is 9.37 Å². The van der Waals surface area contributed by atoms with Gasteiger partial charge >= 0.3 is 0 Å². The normalized spacial score (nSPS) is 18.3. The number of halogens is 1. The Hall–Kier alpha value is -3.48. The summed E-state index contributed by atoms with van der Waals surface area (Å²) in [6.45, 7) is 4.61. The van der Waals surface area contributed by atoms with Crippen molar-refractivity contribution in [3.8, 4) is 17.7 Å². The largest absolute Gasteiger partial charge is 0.472 e. The summed E-state index contributed by atoms with van der Waals surface area (Å²) in [4.78, 5) is 35.8. The van der Waals surface area contributed by atoms with Crippen LogP contribution in [0, 0.1) is 23.6 Å². The van der Waals surface area contributed by atoms with Crippen molar-refractivity contribution >= 4 is 11.8 Å². The molecule has 1 N–H and O–H groups in total. The smallest absolute Gasteiger partial charge is 0.259 e. The highest BCUT2D eigenvalue weighted by molar-refractivity contribution is 5.97. The number of pyridine rings is 1. The molecule has 0 spiro atoms. The van der Waals surface area contributed by atoms with Crippen molar-refractivity contribution in [2.45, 2.75) is 26.0 Å². The molecular formula is C27H33FN4O4. The summed E-state index contributed by atoms with van der Waals surface area (Å²) in [5.74, 6) is 5.05. The number of amides is 2. The van der Waals surface area contributed by atoms with Gasteiger partial charge in [0, 0.05) is 36.8 Å². The molecule has 0 saturated carbocycles. The predicted octanol–water partition coefficient (Wildman–Crippen LogP) is 2.13. The Labute approximate surface area is 211 Å². The van der Waals surface area contributed by atoms with E-state index in [0.29, 0.717) is 24.2 Å². The molecular weight excluding hydrogens is 463 g/mol. The maximum Gasteiger partial charge on any atom is 0.259 e. The highest BCUT2D eigenvalue weighted by atomic mass is 19.1. The van der Waals surface area contributed by atoms with Gasteiger partial charge in [-0.05, 0) is 51.4 Å². The first kappa shape index (κ1) is 27.1. The van der Waals surface area contributed by atoms with E-state index in [4.69, 9.17) is 4.74 Å². The van der Waals surface area contributed by atoms with Gasteiger partial charge in [-0.2, -0.15) is 0 Å². The fourth-order valence-electron chi connectivity index (χ4n) is 3.85. The molecule has 1 aliphatic rings. The summed E-state index contributed by atoms with van der Waals surface area (Å²) in [6.07, 6.45) is 1.07. The Morgan fingerprint density at radius 1 is 1.31 bits per heavy atom. The zero-order valence-corrected chi connectivity index (χ0v) is 21.4. The van der Waals surface area contributed by atoms with Crippen LogP contribution in [0.5, 0.6) is 5.88 Å². The van der Waals surface area contributed by atoms with E-state index in [1.807, 2.05) is 25.9 Å². The molecule has 0 unspecified atom stereocenters. The molecule has 1 aliphatic heterocycles. The maximum absolute atomic E-state index is 13.5. The molecule has 8 nitrogen and oxygen atoms in total. The highest BCUT2D eigenvalue weighted by Gasteiger charge is 2.34. The van der Waals surface area contributed by atoms with Crippen LogP contribution in [0.3, 0.4) is 0 Å². The second-order valence-electron chi connectivity index (χ2n) is 9.43. The molecule has 0 saturated heterocycles. The summed E-state index contributed by atoms with van der Waals surface area (Å²) < 4.78 is 19.5. The maximum atomic E-state index is 13.5. The van der Waals surface area contributed by atoms with Crippen LogP contribution in [-0.4, -0.2) is 96.1 Å². The molecule has 3 rings (SSSR count). The summed E-state index contributed by atoms with van der Waals surface area (Å²) in [5, 5.41) is 9.81. The first-order chi connectivity index (χ1) is 17.1. The summed E-state index contributed by atoms with van der Waals surface area (Å²) in [7, 11) is 5.48. The van der Waals surface area contributed by atoms with Crippen molar-refractivity contribution < 1.29 is 23.8 Å². The van der Waals surface area contributed by atoms with Crippen LogP contribution in [0.1, 0.15) is 40.1 Å². The van der Waals surface area contributed by atoms with Gasteiger partial charge in [0.1, 0.15) is 17.5 Å².